The third-order valence-corrected chi connectivity index (χ3v) is 7.27. The van der Waals surface area contributed by atoms with E-state index >= 15 is 0 Å². The molecule has 39 heavy (non-hydrogen) atoms. The summed E-state index contributed by atoms with van der Waals surface area (Å²) in [6, 6.07) is 2.75. The number of alkyl halides is 3. The first-order chi connectivity index (χ1) is 18.2. The Morgan fingerprint density at radius 1 is 1.10 bits per heavy atom. The van der Waals surface area contributed by atoms with Gasteiger partial charge in [-0.15, -0.1) is 0 Å². The molecule has 4 rings (SSSR count). The van der Waals surface area contributed by atoms with Gasteiger partial charge < -0.3 is 20.3 Å². The number of nitrogens with zero attached hydrogens (tertiary/aromatic N) is 3. The topological polar surface area (TPSA) is 106 Å². The summed E-state index contributed by atoms with van der Waals surface area (Å²) < 4.78 is 45.7. The minimum Gasteiger partial charge on any atom is -0.444 e. The maximum Gasteiger partial charge on any atom is 0.416 e. The smallest absolute Gasteiger partial charge is 0.416 e. The van der Waals surface area contributed by atoms with Gasteiger partial charge in [0, 0.05) is 25.2 Å². The van der Waals surface area contributed by atoms with Crippen LogP contribution in [0.25, 0.3) is 0 Å². The number of aromatic nitrogens is 2. The SMILES string of the molecule is CC(C)(C)OC(=O)N1CCC(C(=O)Nc2cnn(C3(C(=O)Nc4ccc(C(F)(F)F)cc4Cl)CCC3)c2)CC1. The van der Waals surface area contributed by atoms with E-state index in [4.69, 9.17) is 16.3 Å². The van der Waals surface area contributed by atoms with Gasteiger partial charge >= 0.3 is 12.3 Å². The number of hydrogen-bond acceptors (Lipinski definition) is 5. The fourth-order valence-electron chi connectivity index (χ4n) is 4.62. The zero-order valence-corrected chi connectivity index (χ0v) is 22.7. The third-order valence-electron chi connectivity index (χ3n) is 6.95. The molecule has 9 nitrogen and oxygen atoms in total. The molecule has 1 aliphatic carbocycles. The fraction of sp³-hybridized carbons (Fsp3) is 0.538. The number of benzene rings is 1. The van der Waals surface area contributed by atoms with E-state index < -0.39 is 34.9 Å². The second kappa shape index (κ2) is 10.7. The molecule has 1 saturated carbocycles. The van der Waals surface area contributed by atoms with Gasteiger partial charge in [-0.1, -0.05) is 11.6 Å². The number of anilines is 2. The van der Waals surface area contributed by atoms with Crippen LogP contribution >= 0.6 is 11.6 Å². The van der Waals surface area contributed by atoms with Crippen LogP contribution in [-0.4, -0.2) is 51.3 Å². The Morgan fingerprint density at radius 2 is 1.77 bits per heavy atom. The normalized spacial score (nSPS) is 17.8. The lowest BCUT2D eigenvalue weighted by atomic mass is 9.76. The zero-order valence-electron chi connectivity index (χ0n) is 21.9. The highest BCUT2D eigenvalue weighted by atomic mass is 35.5. The van der Waals surface area contributed by atoms with Gasteiger partial charge in [-0.05, 0) is 71.1 Å². The minimum absolute atomic E-state index is 0.0688. The molecule has 3 amide bonds. The number of nitrogens with one attached hydrogen (secondary N) is 2. The van der Waals surface area contributed by atoms with E-state index in [1.165, 1.54) is 10.9 Å². The predicted octanol–water partition coefficient (Wildman–Crippen LogP) is 5.66. The summed E-state index contributed by atoms with van der Waals surface area (Å²) in [5.41, 5.74) is -2.06. The van der Waals surface area contributed by atoms with Crippen molar-refractivity contribution in [2.45, 2.75) is 70.2 Å². The first-order valence-corrected chi connectivity index (χ1v) is 13.1. The molecule has 0 atom stereocenters. The highest BCUT2D eigenvalue weighted by molar-refractivity contribution is 6.33. The van der Waals surface area contributed by atoms with Gasteiger partial charge in [0.25, 0.3) is 5.91 Å². The van der Waals surface area contributed by atoms with E-state index in [-0.39, 0.29) is 22.5 Å². The highest BCUT2D eigenvalue weighted by Gasteiger charge is 2.47. The molecule has 2 aliphatic rings. The molecule has 212 valence electrons. The van der Waals surface area contributed by atoms with Crippen LogP contribution in [0.1, 0.15) is 58.4 Å². The van der Waals surface area contributed by atoms with E-state index in [1.807, 2.05) is 0 Å². The average molecular weight is 570 g/mol. The van der Waals surface area contributed by atoms with Crippen molar-refractivity contribution in [3.63, 3.8) is 0 Å². The van der Waals surface area contributed by atoms with Crippen molar-refractivity contribution in [2.75, 3.05) is 23.7 Å². The largest absolute Gasteiger partial charge is 0.444 e. The lowest BCUT2D eigenvalue weighted by molar-refractivity contribution is -0.137. The summed E-state index contributed by atoms with van der Waals surface area (Å²) in [5.74, 6) is -0.956. The Bertz CT molecular complexity index is 1240. The van der Waals surface area contributed by atoms with Gasteiger partial charge in [0.2, 0.25) is 5.91 Å². The van der Waals surface area contributed by atoms with Crippen LogP contribution in [0.5, 0.6) is 0 Å². The molecule has 2 heterocycles. The molecule has 2 fully saturated rings. The number of hydrogen-bond donors (Lipinski definition) is 2. The summed E-state index contributed by atoms with van der Waals surface area (Å²) in [7, 11) is 0. The van der Waals surface area contributed by atoms with Crippen molar-refractivity contribution < 1.29 is 32.3 Å². The Kier molecular flexibility index (Phi) is 7.89. The fourth-order valence-corrected chi connectivity index (χ4v) is 4.85. The molecule has 0 unspecified atom stereocenters. The van der Waals surface area contributed by atoms with Crippen molar-refractivity contribution in [3.8, 4) is 0 Å². The number of likely N-dealkylation sites (tertiary alicyclic amines) is 1. The number of halogens is 4. The van der Waals surface area contributed by atoms with E-state index in [0.717, 1.165) is 24.6 Å². The number of carbonyl (C=O) groups is 3. The number of amides is 3. The van der Waals surface area contributed by atoms with Gasteiger partial charge in [-0.25, -0.2) is 4.79 Å². The van der Waals surface area contributed by atoms with Gasteiger partial charge in [-0.3, -0.25) is 14.3 Å². The van der Waals surface area contributed by atoms with Crippen LogP contribution in [0.2, 0.25) is 5.02 Å². The number of piperidine rings is 1. The number of ether oxygens (including phenoxy) is 1. The van der Waals surface area contributed by atoms with Crippen LogP contribution in [-0.2, 0) is 26.0 Å². The van der Waals surface area contributed by atoms with Crippen LogP contribution < -0.4 is 10.6 Å². The summed E-state index contributed by atoms with van der Waals surface area (Å²) in [6.45, 7) is 6.20. The standard InChI is InChI=1S/C26H31ClF3N5O4/c1-24(2,3)39-23(38)34-11-7-16(8-12-34)21(36)32-18-14-31-35(15-18)25(9-4-10-25)22(37)33-20-6-5-17(13-19(20)27)26(28,29)30/h5-6,13-16H,4,7-12H2,1-3H3,(H,32,36)(H,33,37). The Hall–Kier alpha value is -3.28. The van der Waals surface area contributed by atoms with E-state index in [2.05, 4.69) is 15.7 Å². The maximum atomic E-state index is 13.2. The maximum absolute atomic E-state index is 13.2. The molecule has 0 radical (unpaired) electrons. The molecular formula is C26H31ClF3N5O4. The van der Waals surface area contributed by atoms with Crippen LogP contribution in [0, 0.1) is 5.92 Å². The van der Waals surface area contributed by atoms with Crippen molar-refractivity contribution in [1.29, 1.82) is 0 Å². The first-order valence-electron chi connectivity index (χ1n) is 12.7. The molecule has 1 aromatic carbocycles. The Balaban J connectivity index is 1.36. The summed E-state index contributed by atoms with van der Waals surface area (Å²) in [5, 5.41) is 9.54. The van der Waals surface area contributed by atoms with Gasteiger partial charge in [0.15, 0.2) is 0 Å². The average Bonchev–Trinajstić information content (AvgIpc) is 3.26. The van der Waals surface area contributed by atoms with E-state index in [9.17, 15) is 27.6 Å². The summed E-state index contributed by atoms with van der Waals surface area (Å²) in [4.78, 5) is 39.9. The van der Waals surface area contributed by atoms with Crippen LogP contribution in [0.4, 0.5) is 29.3 Å². The quantitative estimate of drug-likeness (QED) is 0.483. The van der Waals surface area contributed by atoms with Gasteiger partial charge in [-0.2, -0.15) is 18.3 Å². The molecule has 1 aliphatic heterocycles. The lowest BCUT2D eigenvalue weighted by Gasteiger charge is -2.40. The van der Waals surface area contributed by atoms with Gasteiger partial charge in [0.05, 0.1) is 28.2 Å². The van der Waals surface area contributed by atoms with Crippen molar-refractivity contribution in [2.24, 2.45) is 5.92 Å². The molecule has 2 N–H and O–H groups in total. The van der Waals surface area contributed by atoms with E-state index in [0.29, 0.717) is 44.5 Å². The number of carbonyl (C=O) groups excluding carboxylic acids is 3. The second-order valence-electron chi connectivity index (χ2n) is 10.9. The van der Waals surface area contributed by atoms with E-state index in [1.54, 1.807) is 31.9 Å². The molecule has 2 aromatic rings. The summed E-state index contributed by atoms with van der Waals surface area (Å²) in [6.07, 6.45) is 0.735. The first kappa shape index (κ1) is 28.7. The second-order valence-corrected chi connectivity index (χ2v) is 11.3. The monoisotopic (exact) mass is 569 g/mol. The predicted molar refractivity (Wildman–Crippen MR) is 138 cm³/mol. The Labute approximate surface area is 229 Å². The molecule has 13 heteroatoms. The molecule has 1 aromatic heterocycles. The third kappa shape index (κ3) is 6.48. The molecule has 0 bridgehead atoms. The van der Waals surface area contributed by atoms with Crippen molar-refractivity contribution in [3.05, 3.63) is 41.2 Å². The zero-order chi connectivity index (χ0) is 28.6. The minimum atomic E-state index is -4.55. The molecule has 1 saturated heterocycles. The summed E-state index contributed by atoms with van der Waals surface area (Å²) >= 11 is 6.01. The molecular weight excluding hydrogens is 539 g/mol. The molecule has 0 spiro atoms. The Morgan fingerprint density at radius 3 is 2.31 bits per heavy atom. The van der Waals surface area contributed by atoms with Gasteiger partial charge in [0.1, 0.15) is 11.1 Å². The van der Waals surface area contributed by atoms with Crippen LogP contribution in [0.15, 0.2) is 30.6 Å². The van der Waals surface area contributed by atoms with Crippen LogP contribution in [0.3, 0.4) is 0 Å². The lowest BCUT2D eigenvalue weighted by Crippen LogP contribution is -2.51. The van der Waals surface area contributed by atoms with Crippen molar-refractivity contribution in [1.82, 2.24) is 14.7 Å². The highest BCUT2D eigenvalue weighted by Crippen LogP contribution is 2.41. The van der Waals surface area contributed by atoms with Crippen molar-refractivity contribution >= 4 is 40.9 Å². The number of rotatable bonds is 5.